The molecule has 3 atom stereocenters. The molecule has 1 amide bonds. The van der Waals surface area contributed by atoms with E-state index in [-0.39, 0.29) is 17.2 Å². The highest BCUT2D eigenvalue weighted by Gasteiger charge is 2.64. The number of ether oxygens (including phenoxy) is 2. The van der Waals surface area contributed by atoms with Crippen LogP contribution in [-0.4, -0.2) is 18.7 Å². The Morgan fingerprint density at radius 3 is 2.73 bits per heavy atom. The van der Waals surface area contributed by atoms with Gasteiger partial charge < -0.3 is 9.47 Å². The van der Waals surface area contributed by atoms with Gasteiger partial charge in [-0.3, -0.25) is 4.79 Å². The summed E-state index contributed by atoms with van der Waals surface area (Å²) in [6.45, 7) is 5.21. The van der Waals surface area contributed by atoms with Gasteiger partial charge in [-0.1, -0.05) is 50.1 Å². The van der Waals surface area contributed by atoms with Crippen molar-refractivity contribution in [1.82, 2.24) is 5.43 Å². The molecule has 2 saturated carbocycles. The summed E-state index contributed by atoms with van der Waals surface area (Å²) in [6, 6.07) is 15.7. The number of nitrogens with zero attached hydrogens (tertiary/aromatic N) is 1. The van der Waals surface area contributed by atoms with E-state index in [2.05, 4.69) is 17.5 Å². The van der Waals surface area contributed by atoms with Crippen LogP contribution < -0.4 is 14.9 Å². The van der Waals surface area contributed by atoms with E-state index in [0.29, 0.717) is 30.6 Å². The first-order valence-electron chi connectivity index (χ1n) is 10.9. The van der Waals surface area contributed by atoms with Crippen LogP contribution in [0.3, 0.4) is 0 Å². The molecule has 0 spiro atoms. The lowest BCUT2D eigenvalue weighted by Crippen LogP contribution is -2.22. The van der Waals surface area contributed by atoms with Crippen molar-refractivity contribution in [3.63, 3.8) is 0 Å². The second-order valence-electron chi connectivity index (χ2n) is 8.48. The van der Waals surface area contributed by atoms with Crippen LogP contribution >= 0.6 is 0 Å². The minimum absolute atomic E-state index is 0.0495. The highest BCUT2D eigenvalue weighted by atomic mass is 16.5. The fraction of sp³-hybridized carbons (Fsp3) is 0.440. The highest BCUT2D eigenvalue weighted by Crippen LogP contribution is 2.66. The molecule has 5 nitrogen and oxygen atoms in total. The Morgan fingerprint density at radius 1 is 1.17 bits per heavy atom. The zero-order valence-electron chi connectivity index (χ0n) is 17.8. The van der Waals surface area contributed by atoms with Gasteiger partial charge >= 0.3 is 0 Å². The average Bonchev–Trinajstić information content (AvgIpc) is 3.39. The summed E-state index contributed by atoms with van der Waals surface area (Å²) in [5, 5.41) is 4.20. The molecule has 0 bridgehead atoms. The van der Waals surface area contributed by atoms with E-state index in [9.17, 15) is 4.79 Å². The van der Waals surface area contributed by atoms with Crippen LogP contribution in [0, 0.1) is 17.3 Å². The van der Waals surface area contributed by atoms with Gasteiger partial charge in [-0.05, 0) is 60.4 Å². The molecule has 30 heavy (non-hydrogen) atoms. The number of rotatable bonds is 8. The van der Waals surface area contributed by atoms with Crippen molar-refractivity contribution >= 4 is 12.1 Å². The Labute approximate surface area is 178 Å². The fourth-order valence-corrected chi connectivity index (χ4v) is 4.82. The molecule has 4 rings (SSSR count). The smallest absolute Gasteiger partial charge is 0.244 e. The molecule has 2 fully saturated rings. The molecule has 0 aromatic heterocycles. The van der Waals surface area contributed by atoms with Crippen molar-refractivity contribution < 1.29 is 14.3 Å². The van der Waals surface area contributed by atoms with Crippen LogP contribution in [0.15, 0.2) is 53.6 Å². The van der Waals surface area contributed by atoms with Gasteiger partial charge in [0.1, 0.15) is 6.61 Å². The summed E-state index contributed by atoms with van der Waals surface area (Å²) in [6.07, 6.45) is 6.46. The third-order valence-electron chi connectivity index (χ3n) is 6.51. The minimum Gasteiger partial charge on any atom is -0.490 e. The zero-order chi connectivity index (χ0) is 21.0. The zero-order valence-corrected chi connectivity index (χ0v) is 17.8. The van der Waals surface area contributed by atoms with E-state index in [1.54, 1.807) is 6.21 Å². The lowest BCUT2D eigenvalue weighted by atomic mass is 9.90. The number of amides is 1. The van der Waals surface area contributed by atoms with Crippen LogP contribution in [0.25, 0.3) is 0 Å². The van der Waals surface area contributed by atoms with Crippen LogP contribution in [-0.2, 0) is 11.4 Å². The van der Waals surface area contributed by atoms with Crippen LogP contribution in [0.1, 0.15) is 50.7 Å². The first-order valence-corrected chi connectivity index (χ1v) is 10.9. The molecule has 0 radical (unpaired) electrons. The molecular formula is C25H30N2O3. The predicted octanol–water partition coefficient (Wildman–Crippen LogP) is 4.94. The number of nitrogens with one attached hydrogen (secondary N) is 1. The fourth-order valence-electron chi connectivity index (χ4n) is 4.82. The second kappa shape index (κ2) is 8.90. The summed E-state index contributed by atoms with van der Waals surface area (Å²) in [4.78, 5) is 12.5. The van der Waals surface area contributed by atoms with Gasteiger partial charge in [0.05, 0.1) is 12.8 Å². The molecular weight excluding hydrogens is 376 g/mol. The van der Waals surface area contributed by atoms with Crippen molar-refractivity contribution in [2.75, 3.05) is 6.61 Å². The molecule has 2 aromatic rings. The van der Waals surface area contributed by atoms with Crippen molar-refractivity contribution in [2.45, 2.75) is 46.1 Å². The van der Waals surface area contributed by atoms with E-state index in [4.69, 9.17) is 9.47 Å². The van der Waals surface area contributed by atoms with Gasteiger partial charge in [0.2, 0.25) is 5.91 Å². The maximum Gasteiger partial charge on any atom is 0.244 e. The molecule has 1 N–H and O–H groups in total. The quantitative estimate of drug-likeness (QED) is 0.499. The minimum atomic E-state index is 0.0495. The average molecular weight is 407 g/mol. The Hall–Kier alpha value is -2.82. The van der Waals surface area contributed by atoms with Crippen LogP contribution in [0.2, 0.25) is 0 Å². The van der Waals surface area contributed by atoms with Crippen molar-refractivity contribution in [3.05, 3.63) is 59.7 Å². The third kappa shape index (κ3) is 4.35. The van der Waals surface area contributed by atoms with Gasteiger partial charge in [0.25, 0.3) is 0 Å². The maximum absolute atomic E-state index is 12.5. The Morgan fingerprint density at radius 2 is 2.00 bits per heavy atom. The van der Waals surface area contributed by atoms with Gasteiger partial charge in [0.15, 0.2) is 11.5 Å². The van der Waals surface area contributed by atoms with E-state index in [0.717, 1.165) is 17.5 Å². The van der Waals surface area contributed by atoms with Gasteiger partial charge in [-0.15, -0.1) is 0 Å². The Kier molecular flexibility index (Phi) is 6.07. The molecule has 0 aliphatic heterocycles. The SMILES string of the molecule is CCOc1cc(/C=N\NC(=O)[C@H]2[C@H]3CCCC[C@@]32C)ccc1OCc1ccccc1. The summed E-state index contributed by atoms with van der Waals surface area (Å²) in [7, 11) is 0. The number of carbonyl (C=O) groups is 1. The summed E-state index contributed by atoms with van der Waals surface area (Å²) in [5.74, 6) is 2.06. The monoisotopic (exact) mass is 406 g/mol. The maximum atomic E-state index is 12.5. The lowest BCUT2D eigenvalue weighted by Gasteiger charge is -2.15. The second-order valence-corrected chi connectivity index (χ2v) is 8.48. The van der Waals surface area contributed by atoms with Gasteiger partial charge in [0, 0.05) is 5.92 Å². The van der Waals surface area contributed by atoms with Crippen molar-refractivity contribution in [3.8, 4) is 11.5 Å². The van der Waals surface area contributed by atoms with Crippen molar-refractivity contribution in [1.29, 1.82) is 0 Å². The summed E-state index contributed by atoms with van der Waals surface area (Å²) >= 11 is 0. The molecule has 0 heterocycles. The molecule has 5 heteroatoms. The van der Waals surface area contributed by atoms with Gasteiger partial charge in [-0.25, -0.2) is 5.43 Å². The number of fused-ring (bicyclic) bond motifs is 1. The molecule has 2 aliphatic rings. The van der Waals surface area contributed by atoms with E-state index in [1.807, 2.05) is 55.5 Å². The van der Waals surface area contributed by atoms with Gasteiger partial charge in [-0.2, -0.15) is 5.10 Å². The number of hydrazone groups is 1. The number of carbonyl (C=O) groups excluding carboxylic acids is 1. The van der Waals surface area contributed by atoms with Crippen LogP contribution in [0.4, 0.5) is 0 Å². The lowest BCUT2D eigenvalue weighted by molar-refractivity contribution is -0.123. The van der Waals surface area contributed by atoms with E-state index >= 15 is 0 Å². The van der Waals surface area contributed by atoms with Crippen LogP contribution in [0.5, 0.6) is 11.5 Å². The predicted molar refractivity (Wildman–Crippen MR) is 118 cm³/mol. The molecule has 0 unspecified atom stereocenters. The van der Waals surface area contributed by atoms with Crippen molar-refractivity contribution in [2.24, 2.45) is 22.4 Å². The molecule has 0 saturated heterocycles. The first-order chi connectivity index (χ1) is 14.6. The first kappa shape index (κ1) is 20.5. The normalized spacial score (nSPS) is 24.9. The van der Waals surface area contributed by atoms with E-state index < -0.39 is 0 Å². The highest BCUT2D eigenvalue weighted by molar-refractivity contribution is 5.86. The topological polar surface area (TPSA) is 59.9 Å². The Balaban J connectivity index is 1.36. The van der Waals surface area contributed by atoms with E-state index in [1.165, 1.54) is 19.3 Å². The molecule has 2 aliphatic carbocycles. The summed E-state index contributed by atoms with van der Waals surface area (Å²) in [5.41, 5.74) is 4.89. The third-order valence-corrected chi connectivity index (χ3v) is 6.51. The molecule has 158 valence electrons. The Bertz CT molecular complexity index is 912. The standard InChI is InChI=1S/C25H30N2O3/c1-3-29-22-15-19(12-13-21(22)30-17-18-9-5-4-6-10-18)16-26-27-24(28)23-20-11-7-8-14-25(20,23)2/h4-6,9-10,12-13,15-16,20,23H,3,7-8,11,14,17H2,1-2H3,(H,27,28)/b26-16-/t20-,23-,25+/m1/s1. The number of hydrogen-bond acceptors (Lipinski definition) is 4. The largest absolute Gasteiger partial charge is 0.490 e. The number of hydrogen-bond donors (Lipinski definition) is 1. The summed E-state index contributed by atoms with van der Waals surface area (Å²) < 4.78 is 11.7. The number of benzene rings is 2. The molecule has 2 aromatic carbocycles.